The maximum Gasteiger partial charge on any atom is 0.244 e. The number of benzene rings is 2. The average Bonchev–Trinajstić information content (AvgIpc) is 2.59. The Morgan fingerprint density at radius 1 is 1.16 bits per heavy atom. The largest absolute Gasteiger partial charge is 0.346 e. The first kappa shape index (κ1) is 17.4. The summed E-state index contributed by atoms with van der Waals surface area (Å²) in [6.07, 6.45) is 4.69. The van der Waals surface area contributed by atoms with E-state index in [4.69, 9.17) is 23.2 Å². The molecule has 1 heterocycles. The van der Waals surface area contributed by atoms with Crippen LogP contribution in [-0.4, -0.2) is 15.9 Å². The summed E-state index contributed by atoms with van der Waals surface area (Å²) >= 11 is 12.1. The summed E-state index contributed by atoms with van der Waals surface area (Å²) in [7, 11) is 0. The van der Waals surface area contributed by atoms with E-state index in [1.165, 1.54) is 6.08 Å². The van der Waals surface area contributed by atoms with Gasteiger partial charge in [0, 0.05) is 16.1 Å². The van der Waals surface area contributed by atoms with E-state index in [0.717, 1.165) is 16.6 Å². The van der Waals surface area contributed by atoms with E-state index in [1.54, 1.807) is 30.5 Å². The van der Waals surface area contributed by atoms with E-state index >= 15 is 0 Å². The third-order valence-corrected chi connectivity index (χ3v) is 4.22. The van der Waals surface area contributed by atoms with Gasteiger partial charge in [-0.2, -0.15) is 0 Å². The summed E-state index contributed by atoms with van der Waals surface area (Å²) in [6, 6.07) is 12.5. The molecule has 0 bridgehead atoms. The molecule has 0 aliphatic rings. The quantitative estimate of drug-likeness (QED) is 0.668. The molecular weight excluding hydrogens is 357 g/mol. The number of carbonyl (C=O) groups is 1. The second-order valence-corrected chi connectivity index (χ2v) is 6.36. The highest BCUT2D eigenvalue weighted by Crippen LogP contribution is 2.26. The highest BCUT2D eigenvalue weighted by Gasteiger charge is 2.11. The fraction of sp³-hybridized carbons (Fsp3) is 0.105. The molecule has 0 spiro atoms. The first-order valence-corrected chi connectivity index (χ1v) is 8.44. The molecule has 6 heteroatoms. The predicted octanol–water partition coefficient (Wildman–Crippen LogP) is 4.83. The van der Waals surface area contributed by atoms with Gasteiger partial charge in [-0.1, -0.05) is 41.4 Å². The lowest BCUT2D eigenvalue weighted by molar-refractivity contribution is -0.117. The lowest BCUT2D eigenvalue weighted by Gasteiger charge is -2.14. The van der Waals surface area contributed by atoms with Crippen LogP contribution >= 0.6 is 23.2 Å². The van der Waals surface area contributed by atoms with Gasteiger partial charge in [-0.3, -0.25) is 9.78 Å². The zero-order chi connectivity index (χ0) is 17.8. The standard InChI is InChI=1S/C19H15Cl2N3O/c1-12(15-8-6-13(20)10-16(15)21)23-19(25)9-7-14-11-22-17-4-2-3-5-18(17)24-14/h2-12H,1H3,(H,23,25)/b9-7+. The Morgan fingerprint density at radius 3 is 2.68 bits per heavy atom. The monoisotopic (exact) mass is 371 g/mol. The minimum atomic E-state index is -0.246. The van der Waals surface area contributed by atoms with Crippen LogP contribution in [0.5, 0.6) is 0 Å². The third kappa shape index (κ3) is 4.35. The summed E-state index contributed by atoms with van der Waals surface area (Å²) in [6.45, 7) is 1.86. The van der Waals surface area contributed by atoms with Crippen LogP contribution in [0.4, 0.5) is 0 Å². The average molecular weight is 372 g/mol. The number of hydrogen-bond donors (Lipinski definition) is 1. The molecular formula is C19H15Cl2N3O. The Balaban J connectivity index is 1.69. The molecule has 1 amide bonds. The van der Waals surface area contributed by atoms with E-state index in [2.05, 4.69) is 15.3 Å². The molecule has 0 fully saturated rings. The van der Waals surface area contributed by atoms with Crippen LogP contribution in [-0.2, 0) is 4.79 Å². The van der Waals surface area contributed by atoms with Crippen molar-refractivity contribution >= 4 is 46.2 Å². The highest BCUT2D eigenvalue weighted by atomic mass is 35.5. The maximum absolute atomic E-state index is 12.1. The van der Waals surface area contributed by atoms with Gasteiger partial charge in [0.1, 0.15) is 0 Å². The van der Waals surface area contributed by atoms with Crippen molar-refractivity contribution in [3.05, 3.63) is 76.0 Å². The summed E-state index contributed by atoms with van der Waals surface area (Å²) < 4.78 is 0. The summed E-state index contributed by atoms with van der Waals surface area (Å²) in [5.41, 5.74) is 3.02. The summed E-state index contributed by atoms with van der Waals surface area (Å²) in [4.78, 5) is 20.9. The van der Waals surface area contributed by atoms with Gasteiger partial charge in [0.25, 0.3) is 0 Å². The molecule has 25 heavy (non-hydrogen) atoms. The highest BCUT2D eigenvalue weighted by molar-refractivity contribution is 6.35. The van der Waals surface area contributed by atoms with E-state index < -0.39 is 0 Å². The van der Waals surface area contributed by atoms with Crippen molar-refractivity contribution in [2.24, 2.45) is 0 Å². The van der Waals surface area contributed by atoms with Crippen molar-refractivity contribution in [3.63, 3.8) is 0 Å². The third-order valence-electron chi connectivity index (χ3n) is 3.66. The van der Waals surface area contributed by atoms with Crippen LogP contribution in [0.3, 0.4) is 0 Å². The van der Waals surface area contributed by atoms with Gasteiger partial charge in [0.2, 0.25) is 5.91 Å². The van der Waals surface area contributed by atoms with E-state index in [0.29, 0.717) is 15.7 Å². The second kappa shape index (κ2) is 7.64. The lowest BCUT2D eigenvalue weighted by atomic mass is 10.1. The number of para-hydroxylation sites is 2. The Morgan fingerprint density at radius 2 is 1.92 bits per heavy atom. The smallest absolute Gasteiger partial charge is 0.244 e. The molecule has 3 aromatic rings. The number of nitrogens with one attached hydrogen (secondary N) is 1. The molecule has 0 aliphatic heterocycles. The minimum absolute atomic E-state index is 0.242. The van der Waals surface area contributed by atoms with Gasteiger partial charge in [-0.15, -0.1) is 0 Å². The van der Waals surface area contributed by atoms with Gasteiger partial charge < -0.3 is 5.32 Å². The molecule has 1 unspecified atom stereocenters. The number of nitrogens with zero attached hydrogens (tertiary/aromatic N) is 2. The van der Waals surface area contributed by atoms with Gasteiger partial charge in [0.05, 0.1) is 29.0 Å². The van der Waals surface area contributed by atoms with Crippen molar-refractivity contribution in [1.29, 1.82) is 0 Å². The Hall–Kier alpha value is -2.43. The zero-order valence-corrected chi connectivity index (χ0v) is 14.9. The SMILES string of the molecule is CC(NC(=O)/C=C/c1cnc2ccccc2n1)c1ccc(Cl)cc1Cl. The second-order valence-electron chi connectivity index (χ2n) is 5.51. The van der Waals surface area contributed by atoms with Crippen molar-refractivity contribution in [1.82, 2.24) is 15.3 Å². The topological polar surface area (TPSA) is 54.9 Å². The number of carbonyl (C=O) groups excluding carboxylic acids is 1. The van der Waals surface area contributed by atoms with E-state index in [9.17, 15) is 4.79 Å². The molecule has 0 radical (unpaired) electrons. The zero-order valence-electron chi connectivity index (χ0n) is 13.4. The van der Waals surface area contributed by atoms with Crippen molar-refractivity contribution < 1.29 is 4.79 Å². The van der Waals surface area contributed by atoms with Crippen LogP contribution in [0.25, 0.3) is 17.1 Å². The molecule has 1 atom stereocenters. The van der Waals surface area contributed by atoms with Crippen LogP contribution in [0.15, 0.2) is 54.7 Å². The van der Waals surface area contributed by atoms with Crippen LogP contribution in [0, 0.1) is 0 Å². The van der Waals surface area contributed by atoms with Crippen molar-refractivity contribution in [3.8, 4) is 0 Å². The molecule has 1 N–H and O–H groups in total. The number of halogens is 2. The van der Waals surface area contributed by atoms with Crippen LogP contribution in [0.1, 0.15) is 24.2 Å². The van der Waals surface area contributed by atoms with Gasteiger partial charge in [-0.25, -0.2) is 4.98 Å². The molecule has 3 rings (SSSR count). The normalized spacial score (nSPS) is 12.4. The molecule has 0 aliphatic carbocycles. The molecule has 0 saturated carbocycles. The van der Waals surface area contributed by atoms with Gasteiger partial charge in [0.15, 0.2) is 0 Å². The Bertz CT molecular complexity index is 956. The molecule has 2 aromatic carbocycles. The number of amides is 1. The first-order valence-electron chi connectivity index (χ1n) is 7.68. The summed E-state index contributed by atoms with van der Waals surface area (Å²) in [5, 5.41) is 3.94. The predicted molar refractivity (Wildman–Crippen MR) is 102 cm³/mol. The number of rotatable bonds is 4. The van der Waals surface area contributed by atoms with E-state index in [1.807, 2.05) is 31.2 Å². The first-order chi connectivity index (χ1) is 12.0. The lowest BCUT2D eigenvalue weighted by Crippen LogP contribution is -2.24. The van der Waals surface area contributed by atoms with Crippen molar-refractivity contribution in [2.75, 3.05) is 0 Å². The molecule has 4 nitrogen and oxygen atoms in total. The molecule has 0 saturated heterocycles. The molecule has 126 valence electrons. The van der Waals surface area contributed by atoms with E-state index in [-0.39, 0.29) is 11.9 Å². The van der Waals surface area contributed by atoms with Crippen LogP contribution < -0.4 is 5.32 Å². The van der Waals surface area contributed by atoms with Crippen molar-refractivity contribution in [2.45, 2.75) is 13.0 Å². The Kier molecular flexibility index (Phi) is 5.31. The number of aromatic nitrogens is 2. The fourth-order valence-corrected chi connectivity index (χ4v) is 2.98. The summed E-state index contributed by atoms with van der Waals surface area (Å²) in [5.74, 6) is -0.242. The minimum Gasteiger partial charge on any atom is -0.346 e. The fourth-order valence-electron chi connectivity index (χ4n) is 2.40. The van der Waals surface area contributed by atoms with Gasteiger partial charge in [-0.05, 0) is 42.8 Å². The number of fused-ring (bicyclic) bond motifs is 1. The van der Waals surface area contributed by atoms with Crippen LogP contribution in [0.2, 0.25) is 10.0 Å². The van der Waals surface area contributed by atoms with Gasteiger partial charge >= 0.3 is 0 Å². The maximum atomic E-state index is 12.1. The molecule has 1 aromatic heterocycles. The Labute approximate surface area is 155 Å². The number of hydrogen-bond acceptors (Lipinski definition) is 3.